The number of hydrogen-bond acceptors (Lipinski definition) is 3. The molecule has 2 aromatic rings. The molecule has 3 nitrogen and oxygen atoms in total. The molecule has 1 aliphatic heterocycles. The van der Waals surface area contributed by atoms with Crippen LogP contribution in [-0.2, 0) is 21.0 Å². The SMILES string of the molecule is CC1(C)CC(c2cccc(CS(C)(=O)=O)c2)Nc2ccc(Cl)cc21. The number of halogens is 1. The van der Waals surface area contributed by atoms with Crippen LogP contribution in [0.5, 0.6) is 0 Å². The minimum atomic E-state index is -3.04. The summed E-state index contributed by atoms with van der Waals surface area (Å²) in [7, 11) is -3.04. The number of anilines is 1. The summed E-state index contributed by atoms with van der Waals surface area (Å²) in [5, 5.41) is 4.33. The van der Waals surface area contributed by atoms with Crippen LogP contribution in [0.15, 0.2) is 42.5 Å². The summed E-state index contributed by atoms with van der Waals surface area (Å²) in [6.45, 7) is 4.44. The Hall–Kier alpha value is -1.52. The van der Waals surface area contributed by atoms with Gasteiger partial charge in [0.05, 0.1) is 11.8 Å². The van der Waals surface area contributed by atoms with Crippen molar-refractivity contribution in [2.45, 2.75) is 37.5 Å². The summed E-state index contributed by atoms with van der Waals surface area (Å²) < 4.78 is 23.1. The lowest BCUT2D eigenvalue weighted by molar-refractivity contribution is 0.427. The van der Waals surface area contributed by atoms with Crippen molar-refractivity contribution in [3.63, 3.8) is 0 Å². The second kappa shape index (κ2) is 6.08. The van der Waals surface area contributed by atoms with Crippen molar-refractivity contribution in [3.8, 4) is 0 Å². The first-order valence-electron chi connectivity index (χ1n) is 7.97. The van der Waals surface area contributed by atoms with Crippen LogP contribution in [0, 0.1) is 0 Å². The number of benzene rings is 2. The second-order valence-electron chi connectivity index (χ2n) is 7.29. The summed E-state index contributed by atoms with van der Waals surface area (Å²) in [4.78, 5) is 0. The Bertz CT molecular complexity index is 875. The Morgan fingerprint density at radius 3 is 2.67 bits per heavy atom. The number of nitrogens with one attached hydrogen (secondary N) is 1. The molecule has 1 atom stereocenters. The van der Waals surface area contributed by atoms with Gasteiger partial charge in [0.2, 0.25) is 0 Å². The molecular weight excluding hydrogens is 342 g/mol. The van der Waals surface area contributed by atoms with Crippen molar-refractivity contribution >= 4 is 27.1 Å². The van der Waals surface area contributed by atoms with E-state index >= 15 is 0 Å². The van der Waals surface area contributed by atoms with Crippen molar-refractivity contribution in [2.75, 3.05) is 11.6 Å². The zero-order valence-corrected chi connectivity index (χ0v) is 15.7. The van der Waals surface area contributed by atoms with Crippen LogP contribution < -0.4 is 5.32 Å². The van der Waals surface area contributed by atoms with Crippen molar-refractivity contribution in [2.24, 2.45) is 0 Å². The first-order valence-corrected chi connectivity index (χ1v) is 10.4. The van der Waals surface area contributed by atoms with Crippen LogP contribution >= 0.6 is 11.6 Å². The van der Waals surface area contributed by atoms with E-state index in [2.05, 4.69) is 25.2 Å². The van der Waals surface area contributed by atoms with E-state index < -0.39 is 9.84 Å². The van der Waals surface area contributed by atoms with Gasteiger partial charge >= 0.3 is 0 Å². The zero-order valence-electron chi connectivity index (χ0n) is 14.1. The summed E-state index contributed by atoms with van der Waals surface area (Å²) in [6.07, 6.45) is 2.18. The molecule has 1 N–H and O–H groups in total. The maximum absolute atomic E-state index is 11.6. The smallest absolute Gasteiger partial charge is 0.151 e. The maximum Gasteiger partial charge on any atom is 0.151 e. The van der Waals surface area contributed by atoms with Crippen molar-refractivity contribution < 1.29 is 8.42 Å². The Morgan fingerprint density at radius 2 is 1.96 bits per heavy atom. The molecule has 0 aromatic heterocycles. The highest BCUT2D eigenvalue weighted by Crippen LogP contribution is 2.44. The van der Waals surface area contributed by atoms with Crippen molar-refractivity contribution in [3.05, 3.63) is 64.2 Å². The predicted octanol–water partition coefficient (Wildman–Crippen LogP) is 4.72. The lowest BCUT2D eigenvalue weighted by Gasteiger charge is -2.39. The van der Waals surface area contributed by atoms with Gasteiger partial charge in [-0.15, -0.1) is 0 Å². The third-order valence-corrected chi connectivity index (χ3v) is 5.63. The van der Waals surface area contributed by atoms with Gasteiger partial charge in [-0.1, -0.05) is 49.7 Å². The zero-order chi connectivity index (χ0) is 17.5. The second-order valence-corrected chi connectivity index (χ2v) is 9.87. The van der Waals surface area contributed by atoms with E-state index in [0.717, 1.165) is 28.3 Å². The summed E-state index contributed by atoms with van der Waals surface area (Å²) >= 11 is 6.15. The number of sulfone groups is 1. The minimum Gasteiger partial charge on any atom is -0.378 e. The molecule has 24 heavy (non-hydrogen) atoms. The summed E-state index contributed by atoms with van der Waals surface area (Å²) in [6, 6.07) is 13.9. The van der Waals surface area contributed by atoms with Gasteiger partial charge in [0.1, 0.15) is 0 Å². The standard InChI is InChI=1S/C19H22ClNO2S/c1-19(2)11-18(21-17-8-7-15(20)10-16(17)19)14-6-4-5-13(9-14)12-24(3,22)23/h4-10,18,21H,11-12H2,1-3H3. The molecule has 0 saturated carbocycles. The number of hydrogen-bond donors (Lipinski definition) is 1. The fourth-order valence-corrected chi connectivity index (χ4v) is 4.42. The van der Waals surface area contributed by atoms with E-state index in [1.165, 1.54) is 11.8 Å². The molecule has 1 unspecified atom stereocenters. The van der Waals surface area contributed by atoms with Crippen molar-refractivity contribution in [1.29, 1.82) is 0 Å². The Labute approximate surface area is 149 Å². The van der Waals surface area contributed by atoms with E-state index in [4.69, 9.17) is 11.6 Å². The van der Waals surface area contributed by atoms with Gasteiger partial charge in [-0.2, -0.15) is 0 Å². The normalized spacial score (nSPS) is 19.4. The van der Waals surface area contributed by atoms with E-state index in [0.29, 0.717) is 0 Å². The van der Waals surface area contributed by atoms with Crippen molar-refractivity contribution in [1.82, 2.24) is 0 Å². The topological polar surface area (TPSA) is 46.2 Å². The molecule has 0 spiro atoms. The number of fused-ring (bicyclic) bond motifs is 1. The molecule has 1 heterocycles. The molecule has 3 rings (SSSR count). The average molecular weight is 364 g/mol. The van der Waals surface area contributed by atoms with Crippen LogP contribution in [0.2, 0.25) is 5.02 Å². The highest BCUT2D eigenvalue weighted by atomic mass is 35.5. The molecule has 0 saturated heterocycles. The van der Waals surface area contributed by atoms with Gasteiger partial charge < -0.3 is 5.32 Å². The molecule has 0 aliphatic carbocycles. The van der Waals surface area contributed by atoms with Gasteiger partial charge in [0, 0.05) is 17.0 Å². The third-order valence-electron chi connectivity index (χ3n) is 4.54. The lowest BCUT2D eigenvalue weighted by Crippen LogP contribution is -2.31. The highest BCUT2D eigenvalue weighted by Gasteiger charge is 2.33. The van der Waals surface area contributed by atoms with Gasteiger partial charge in [-0.3, -0.25) is 0 Å². The molecule has 0 bridgehead atoms. The molecule has 128 valence electrons. The summed E-state index contributed by atoms with van der Waals surface area (Å²) in [5.74, 6) is 0.0726. The molecule has 5 heteroatoms. The first-order chi connectivity index (χ1) is 11.1. The fraction of sp³-hybridized carbons (Fsp3) is 0.368. The molecule has 1 aliphatic rings. The van der Waals surface area contributed by atoms with Gasteiger partial charge in [0.15, 0.2) is 9.84 Å². The molecular formula is C19H22ClNO2S. The molecule has 2 aromatic carbocycles. The molecule has 0 amide bonds. The van der Waals surface area contributed by atoms with Crippen LogP contribution in [0.3, 0.4) is 0 Å². The largest absolute Gasteiger partial charge is 0.378 e. The first kappa shape index (κ1) is 17.3. The van der Waals surface area contributed by atoms with Crippen LogP contribution in [0.25, 0.3) is 0 Å². The Kier molecular flexibility index (Phi) is 4.39. The molecule has 0 radical (unpaired) electrons. The molecule has 0 fully saturated rings. The lowest BCUT2D eigenvalue weighted by atomic mass is 9.74. The van der Waals surface area contributed by atoms with Crippen LogP contribution in [0.1, 0.15) is 43.0 Å². The average Bonchev–Trinajstić information content (AvgIpc) is 2.46. The van der Waals surface area contributed by atoms with E-state index in [9.17, 15) is 8.42 Å². The Morgan fingerprint density at radius 1 is 1.21 bits per heavy atom. The highest BCUT2D eigenvalue weighted by molar-refractivity contribution is 7.89. The maximum atomic E-state index is 11.6. The Balaban J connectivity index is 1.94. The third kappa shape index (κ3) is 3.76. The van der Waals surface area contributed by atoms with Gasteiger partial charge in [0.25, 0.3) is 0 Å². The van der Waals surface area contributed by atoms with E-state index in [1.54, 1.807) is 0 Å². The number of rotatable bonds is 3. The quantitative estimate of drug-likeness (QED) is 0.858. The van der Waals surface area contributed by atoms with Crippen LogP contribution in [-0.4, -0.2) is 14.7 Å². The van der Waals surface area contributed by atoms with Gasteiger partial charge in [-0.25, -0.2) is 8.42 Å². The van der Waals surface area contributed by atoms with E-state index in [1.807, 2.05) is 36.4 Å². The van der Waals surface area contributed by atoms with E-state index in [-0.39, 0.29) is 17.2 Å². The predicted molar refractivity (Wildman–Crippen MR) is 100 cm³/mol. The summed E-state index contributed by atoms with van der Waals surface area (Å²) in [5.41, 5.74) is 4.25. The van der Waals surface area contributed by atoms with Crippen LogP contribution in [0.4, 0.5) is 5.69 Å². The fourth-order valence-electron chi connectivity index (χ4n) is 3.46. The van der Waals surface area contributed by atoms with Gasteiger partial charge in [-0.05, 0) is 46.7 Å². The monoisotopic (exact) mass is 363 g/mol. The minimum absolute atomic E-state index is 0.0109.